The van der Waals surface area contributed by atoms with Gasteiger partial charge in [0.05, 0.1) is 6.42 Å². The van der Waals surface area contributed by atoms with E-state index in [0.29, 0.717) is 5.69 Å². The molecular formula is C11H11FN2O2. The molecular weight excluding hydrogens is 211 g/mol. The van der Waals surface area contributed by atoms with E-state index in [-0.39, 0.29) is 24.1 Å². The molecule has 1 fully saturated rings. The van der Waals surface area contributed by atoms with Crippen molar-refractivity contribution in [2.75, 3.05) is 5.32 Å². The number of anilines is 1. The van der Waals surface area contributed by atoms with Gasteiger partial charge >= 0.3 is 0 Å². The Morgan fingerprint density at radius 2 is 2.12 bits per heavy atom. The van der Waals surface area contributed by atoms with E-state index in [9.17, 15) is 14.0 Å². The molecule has 0 radical (unpaired) electrons. The van der Waals surface area contributed by atoms with E-state index in [1.54, 1.807) is 13.0 Å². The summed E-state index contributed by atoms with van der Waals surface area (Å²) in [5.41, 5.74) is 1.26. The highest BCUT2D eigenvalue weighted by molar-refractivity contribution is 6.06. The second-order valence-electron chi connectivity index (χ2n) is 3.83. The number of halogens is 1. The first-order valence-corrected chi connectivity index (χ1v) is 4.92. The summed E-state index contributed by atoms with van der Waals surface area (Å²) in [5.74, 6) is -1.05. The molecule has 4 nitrogen and oxygen atoms in total. The van der Waals surface area contributed by atoms with Crippen LogP contribution >= 0.6 is 0 Å². The molecule has 1 aliphatic rings. The van der Waals surface area contributed by atoms with E-state index < -0.39 is 6.04 Å². The summed E-state index contributed by atoms with van der Waals surface area (Å²) >= 11 is 0. The second kappa shape index (κ2) is 3.92. The van der Waals surface area contributed by atoms with E-state index in [1.807, 2.05) is 0 Å². The monoisotopic (exact) mass is 222 g/mol. The van der Waals surface area contributed by atoms with Gasteiger partial charge in [-0.2, -0.15) is 0 Å². The van der Waals surface area contributed by atoms with E-state index in [1.165, 1.54) is 12.1 Å². The molecule has 0 spiro atoms. The summed E-state index contributed by atoms with van der Waals surface area (Å²) in [5, 5.41) is 5.01. The topological polar surface area (TPSA) is 58.2 Å². The molecule has 5 heteroatoms. The number of hydrogen-bond donors (Lipinski definition) is 2. The smallest absolute Gasteiger partial charge is 0.249 e. The number of hydrogen-bond acceptors (Lipinski definition) is 3. The zero-order chi connectivity index (χ0) is 11.7. The Balaban J connectivity index is 2.15. The van der Waals surface area contributed by atoms with Crippen LogP contribution in [0.5, 0.6) is 0 Å². The maximum absolute atomic E-state index is 13.1. The molecule has 1 aromatic rings. The summed E-state index contributed by atoms with van der Waals surface area (Å²) in [4.78, 5) is 22.2. The molecule has 1 aliphatic heterocycles. The Kier molecular flexibility index (Phi) is 2.60. The normalized spacial score (nSPS) is 19.8. The average molecular weight is 222 g/mol. The average Bonchev–Trinajstić information content (AvgIpc) is 2.43. The largest absolute Gasteiger partial charge is 0.373 e. The van der Waals surface area contributed by atoms with Gasteiger partial charge in [-0.1, -0.05) is 0 Å². The van der Waals surface area contributed by atoms with Gasteiger partial charge < -0.3 is 5.32 Å². The third kappa shape index (κ3) is 2.18. The van der Waals surface area contributed by atoms with E-state index in [4.69, 9.17) is 0 Å². The minimum absolute atomic E-state index is 0.0917. The molecule has 1 atom stereocenters. The van der Waals surface area contributed by atoms with Gasteiger partial charge in [-0.25, -0.2) is 4.39 Å². The van der Waals surface area contributed by atoms with Crippen LogP contribution in [0, 0.1) is 12.7 Å². The maximum atomic E-state index is 13.1. The van der Waals surface area contributed by atoms with Crippen molar-refractivity contribution >= 4 is 17.5 Å². The highest BCUT2D eigenvalue weighted by Crippen LogP contribution is 2.16. The van der Waals surface area contributed by atoms with E-state index >= 15 is 0 Å². The second-order valence-corrected chi connectivity index (χ2v) is 3.83. The number of nitrogens with one attached hydrogen (secondary N) is 2. The van der Waals surface area contributed by atoms with Crippen LogP contribution < -0.4 is 10.6 Å². The van der Waals surface area contributed by atoms with Gasteiger partial charge in [-0.15, -0.1) is 0 Å². The summed E-state index contributed by atoms with van der Waals surface area (Å²) < 4.78 is 13.1. The van der Waals surface area contributed by atoms with Gasteiger partial charge in [-0.05, 0) is 30.7 Å². The van der Waals surface area contributed by atoms with Crippen LogP contribution in [0.2, 0.25) is 0 Å². The van der Waals surface area contributed by atoms with Crippen molar-refractivity contribution in [3.63, 3.8) is 0 Å². The molecule has 0 saturated carbocycles. The number of amides is 2. The van der Waals surface area contributed by atoms with Crippen LogP contribution in [-0.2, 0) is 9.59 Å². The number of carbonyl (C=O) groups excluding carboxylic acids is 2. The highest BCUT2D eigenvalue weighted by Gasteiger charge is 2.30. The lowest BCUT2D eigenvalue weighted by atomic mass is 10.2. The number of aryl methyl sites for hydroxylation is 1. The molecule has 2 N–H and O–H groups in total. The van der Waals surface area contributed by atoms with Crippen LogP contribution in [0.3, 0.4) is 0 Å². The number of rotatable bonds is 2. The lowest BCUT2D eigenvalue weighted by molar-refractivity contribution is -0.124. The molecule has 0 aromatic heterocycles. The third-order valence-corrected chi connectivity index (χ3v) is 2.35. The Morgan fingerprint density at radius 3 is 2.69 bits per heavy atom. The maximum Gasteiger partial charge on any atom is 0.249 e. The molecule has 16 heavy (non-hydrogen) atoms. The van der Waals surface area contributed by atoms with Crippen LogP contribution in [0.25, 0.3) is 0 Å². The summed E-state index contributed by atoms with van der Waals surface area (Å²) in [7, 11) is 0. The minimum Gasteiger partial charge on any atom is -0.373 e. The van der Waals surface area contributed by atoms with Crippen molar-refractivity contribution in [1.82, 2.24) is 5.32 Å². The fourth-order valence-electron chi connectivity index (χ4n) is 1.69. The Bertz CT molecular complexity index is 439. The Labute approximate surface area is 91.8 Å². The number of imide groups is 1. The molecule has 1 aromatic carbocycles. The van der Waals surface area contributed by atoms with Crippen LogP contribution in [0.15, 0.2) is 18.2 Å². The molecule has 1 saturated heterocycles. The number of benzene rings is 1. The van der Waals surface area contributed by atoms with Crippen molar-refractivity contribution in [2.24, 2.45) is 0 Å². The predicted octanol–water partition coefficient (Wildman–Crippen LogP) is 0.961. The number of carbonyl (C=O) groups is 2. The van der Waals surface area contributed by atoms with E-state index in [0.717, 1.165) is 5.56 Å². The molecule has 1 heterocycles. The fourth-order valence-corrected chi connectivity index (χ4v) is 1.69. The predicted molar refractivity (Wildman–Crippen MR) is 56.3 cm³/mol. The molecule has 0 bridgehead atoms. The van der Waals surface area contributed by atoms with Gasteiger partial charge in [0.25, 0.3) is 0 Å². The van der Waals surface area contributed by atoms with Crippen molar-refractivity contribution in [3.8, 4) is 0 Å². The Morgan fingerprint density at radius 1 is 1.38 bits per heavy atom. The van der Waals surface area contributed by atoms with Crippen LogP contribution in [-0.4, -0.2) is 17.9 Å². The SMILES string of the molecule is Cc1cc(F)cc(NC2CC(=O)NC2=O)c1. The van der Waals surface area contributed by atoms with Crippen molar-refractivity contribution in [2.45, 2.75) is 19.4 Å². The van der Waals surface area contributed by atoms with Crippen molar-refractivity contribution < 1.29 is 14.0 Å². The molecule has 2 rings (SSSR count). The quantitative estimate of drug-likeness (QED) is 0.733. The minimum atomic E-state index is -0.603. The third-order valence-electron chi connectivity index (χ3n) is 2.35. The van der Waals surface area contributed by atoms with Gasteiger partial charge in [-0.3, -0.25) is 14.9 Å². The summed E-state index contributed by atoms with van der Waals surface area (Å²) in [6.45, 7) is 1.76. The van der Waals surface area contributed by atoms with Crippen LogP contribution in [0.1, 0.15) is 12.0 Å². The van der Waals surface area contributed by atoms with E-state index in [2.05, 4.69) is 10.6 Å². The standard InChI is InChI=1S/C11H11FN2O2/c1-6-2-7(12)4-8(3-6)13-9-5-10(15)14-11(9)16/h2-4,9,13H,5H2,1H3,(H,14,15,16). The van der Waals surface area contributed by atoms with Gasteiger partial charge in [0.15, 0.2) is 0 Å². The first kappa shape index (κ1) is 10.6. The molecule has 1 unspecified atom stereocenters. The first-order valence-electron chi connectivity index (χ1n) is 4.92. The zero-order valence-corrected chi connectivity index (χ0v) is 8.71. The van der Waals surface area contributed by atoms with Gasteiger partial charge in [0.2, 0.25) is 11.8 Å². The van der Waals surface area contributed by atoms with Gasteiger partial charge in [0.1, 0.15) is 11.9 Å². The summed E-state index contributed by atoms with van der Waals surface area (Å²) in [6.07, 6.45) is 0.0917. The fraction of sp³-hybridized carbons (Fsp3) is 0.273. The highest BCUT2D eigenvalue weighted by atomic mass is 19.1. The van der Waals surface area contributed by atoms with Gasteiger partial charge in [0, 0.05) is 5.69 Å². The van der Waals surface area contributed by atoms with Crippen molar-refractivity contribution in [3.05, 3.63) is 29.6 Å². The molecule has 0 aliphatic carbocycles. The Hall–Kier alpha value is -1.91. The lowest BCUT2D eigenvalue weighted by Crippen LogP contribution is -2.30. The van der Waals surface area contributed by atoms with Crippen LogP contribution in [0.4, 0.5) is 10.1 Å². The first-order chi connectivity index (χ1) is 7.54. The zero-order valence-electron chi connectivity index (χ0n) is 8.71. The molecule has 2 amide bonds. The summed E-state index contributed by atoms with van der Waals surface area (Å²) in [6, 6.07) is 3.81. The molecule has 84 valence electrons. The van der Waals surface area contributed by atoms with Crippen molar-refractivity contribution in [1.29, 1.82) is 0 Å². The lowest BCUT2D eigenvalue weighted by Gasteiger charge is -2.11.